The molecule has 2 aromatic carbocycles. The zero-order valence-corrected chi connectivity index (χ0v) is 20.2. The standard InChI is InChI=1S/C24H21ClN2O3S2/c1-4-30-23(29)20-14(2)26-24-27(21(20)16-7-9-17(25)10-8-16)22(28)19(32-24)13-15-5-11-18(31-3)12-6-15/h5-13,21H,4H2,1-3H3/b19-13-/t21-/m1/s1. The number of carbonyl (C=O) groups excluding carboxylic acids is 1. The minimum absolute atomic E-state index is 0.197. The predicted molar refractivity (Wildman–Crippen MR) is 130 cm³/mol. The molecule has 0 aliphatic carbocycles. The summed E-state index contributed by atoms with van der Waals surface area (Å²) in [6.07, 6.45) is 3.88. The van der Waals surface area contributed by atoms with E-state index in [0.717, 1.165) is 16.0 Å². The molecule has 1 aromatic heterocycles. The number of esters is 1. The van der Waals surface area contributed by atoms with Crippen molar-refractivity contribution in [3.05, 3.63) is 95.6 Å². The zero-order chi connectivity index (χ0) is 22.8. The SMILES string of the molecule is CCOC(=O)C1=C(C)N=c2s/c(=C\c3ccc(SC)cc3)c(=O)n2[C@@H]1c1ccc(Cl)cc1. The molecule has 0 N–H and O–H groups in total. The van der Waals surface area contributed by atoms with Crippen LogP contribution in [-0.4, -0.2) is 23.4 Å². The van der Waals surface area contributed by atoms with Crippen molar-refractivity contribution in [1.29, 1.82) is 0 Å². The number of thiazole rings is 1. The first-order valence-corrected chi connectivity index (χ1v) is 12.4. The van der Waals surface area contributed by atoms with Gasteiger partial charge in [-0.25, -0.2) is 9.79 Å². The Morgan fingerprint density at radius 2 is 1.91 bits per heavy atom. The zero-order valence-electron chi connectivity index (χ0n) is 17.8. The third kappa shape index (κ3) is 4.33. The molecule has 5 nitrogen and oxygen atoms in total. The molecule has 1 atom stereocenters. The number of hydrogen-bond donors (Lipinski definition) is 0. The van der Waals surface area contributed by atoms with Crippen molar-refractivity contribution in [1.82, 2.24) is 4.57 Å². The Hall–Kier alpha value is -2.61. The number of hydrogen-bond acceptors (Lipinski definition) is 6. The predicted octanol–water partition coefficient (Wildman–Crippen LogP) is 4.17. The fraction of sp³-hybridized carbons (Fsp3) is 0.208. The van der Waals surface area contributed by atoms with Gasteiger partial charge in [-0.2, -0.15) is 0 Å². The second-order valence-electron chi connectivity index (χ2n) is 7.13. The third-order valence-electron chi connectivity index (χ3n) is 5.12. The highest BCUT2D eigenvalue weighted by atomic mass is 35.5. The molecule has 0 saturated heterocycles. The van der Waals surface area contributed by atoms with E-state index in [4.69, 9.17) is 16.3 Å². The fourth-order valence-electron chi connectivity index (χ4n) is 3.60. The largest absolute Gasteiger partial charge is 0.463 e. The highest BCUT2D eigenvalue weighted by Gasteiger charge is 2.33. The number of fused-ring (bicyclic) bond motifs is 1. The van der Waals surface area contributed by atoms with Gasteiger partial charge in [-0.05, 0) is 61.6 Å². The summed E-state index contributed by atoms with van der Waals surface area (Å²) in [7, 11) is 0. The van der Waals surface area contributed by atoms with Gasteiger partial charge in [-0.3, -0.25) is 9.36 Å². The van der Waals surface area contributed by atoms with E-state index in [1.807, 2.05) is 48.7 Å². The normalized spacial score (nSPS) is 16.0. The lowest BCUT2D eigenvalue weighted by Crippen LogP contribution is -2.39. The van der Waals surface area contributed by atoms with Gasteiger partial charge < -0.3 is 4.74 Å². The fourth-order valence-corrected chi connectivity index (χ4v) is 5.18. The van der Waals surface area contributed by atoms with Crippen LogP contribution in [-0.2, 0) is 9.53 Å². The molecular formula is C24H21ClN2O3S2. The van der Waals surface area contributed by atoms with Crippen molar-refractivity contribution in [2.45, 2.75) is 24.8 Å². The van der Waals surface area contributed by atoms with E-state index in [2.05, 4.69) is 4.99 Å². The van der Waals surface area contributed by atoms with E-state index in [1.54, 1.807) is 42.3 Å². The quantitative estimate of drug-likeness (QED) is 0.403. The van der Waals surface area contributed by atoms with E-state index in [9.17, 15) is 9.59 Å². The third-order valence-corrected chi connectivity index (χ3v) is 7.09. The number of benzene rings is 2. The molecule has 0 fully saturated rings. The van der Waals surface area contributed by atoms with Gasteiger partial charge in [0, 0.05) is 9.92 Å². The molecule has 0 spiro atoms. The summed E-state index contributed by atoms with van der Waals surface area (Å²) in [5.74, 6) is -0.476. The molecule has 4 rings (SSSR count). The first kappa shape index (κ1) is 22.6. The van der Waals surface area contributed by atoms with E-state index in [1.165, 1.54) is 11.3 Å². The van der Waals surface area contributed by atoms with Gasteiger partial charge >= 0.3 is 5.97 Å². The lowest BCUT2D eigenvalue weighted by atomic mass is 9.96. The molecule has 0 amide bonds. The Bertz CT molecular complexity index is 1370. The van der Waals surface area contributed by atoms with Crippen LogP contribution in [0.15, 0.2) is 74.5 Å². The van der Waals surface area contributed by atoms with Crippen molar-refractivity contribution in [3.8, 4) is 0 Å². The number of ether oxygens (including phenoxy) is 1. The lowest BCUT2D eigenvalue weighted by Gasteiger charge is -2.24. The van der Waals surface area contributed by atoms with Crippen LogP contribution in [0.5, 0.6) is 0 Å². The molecule has 32 heavy (non-hydrogen) atoms. The maximum absolute atomic E-state index is 13.5. The van der Waals surface area contributed by atoms with Crippen LogP contribution in [0.25, 0.3) is 6.08 Å². The Morgan fingerprint density at radius 3 is 2.53 bits per heavy atom. The summed E-state index contributed by atoms with van der Waals surface area (Å²) < 4.78 is 7.43. The Kier molecular flexibility index (Phi) is 6.69. The summed E-state index contributed by atoms with van der Waals surface area (Å²) in [5.41, 5.74) is 2.40. The van der Waals surface area contributed by atoms with Gasteiger partial charge in [-0.1, -0.05) is 47.2 Å². The average Bonchev–Trinajstić information content (AvgIpc) is 3.08. The Morgan fingerprint density at radius 1 is 1.22 bits per heavy atom. The highest BCUT2D eigenvalue weighted by molar-refractivity contribution is 7.98. The highest BCUT2D eigenvalue weighted by Crippen LogP contribution is 2.31. The number of halogens is 1. The molecular weight excluding hydrogens is 464 g/mol. The molecule has 0 radical (unpaired) electrons. The number of nitrogens with zero attached hydrogens (tertiary/aromatic N) is 2. The maximum atomic E-state index is 13.5. The summed E-state index contributed by atoms with van der Waals surface area (Å²) in [6.45, 7) is 3.76. The number of rotatable bonds is 5. The van der Waals surface area contributed by atoms with Gasteiger partial charge in [0.05, 0.1) is 28.5 Å². The molecule has 0 saturated carbocycles. The van der Waals surface area contributed by atoms with Gasteiger partial charge in [0.25, 0.3) is 5.56 Å². The molecule has 0 unspecified atom stereocenters. The number of allylic oxidation sites excluding steroid dienone is 1. The van der Waals surface area contributed by atoms with Crippen LogP contribution in [0.3, 0.4) is 0 Å². The van der Waals surface area contributed by atoms with Gasteiger partial charge in [0.1, 0.15) is 0 Å². The number of thioether (sulfide) groups is 1. The van der Waals surface area contributed by atoms with Crippen LogP contribution in [0.4, 0.5) is 0 Å². The van der Waals surface area contributed by atoms with Crippen LogP contribution < -0.4 is 14.9 Å². The monoisotopic (exact) mass is 484 g/mol. The smallest absolute Gasteiger partial charge is 0.338 e. The maximum Gasteiger partial charge on any atom is 0.338 e. The van der Waals surface area contributed by atoms with Crippen molar-refractivity contribution in [2.75, 3.05) is 12.9 Å². The number of aromatic nitrogens is 1. The topological polar surface area (TPSA) is 60.7 Å². The number of carbonyl (C=O) groups is 1. The summed E-state index contributed by atoms with van der Waals surface area (Å²) in [4.78, 5) is 32.6. The summed E-state index contributed by atoms with van der Waals surface area (Å²) in [6, 6.07) is 14.5. The minimum Gasteiger partial charge on any atom is -0.463 e. The lowest BCUT2D eigenvalue weighted by molar-refractivity contribution is -0.139. The molecule has 164 valence electrons. The second-order valence-corrected chi connectivity index (χ2v) is 9.45. The molecule has 0 bridgehead atoms. The van der Waals surface area contributed by atoms with Crippen molar-refractivity contribution >= 4 is 46.7 Å². The average molecular weight is 485 g/mol. The summed E-state index contributed by atoms with van der Waals surface area (Å²) in [5, 5.41) is 0.577. The molecule has 1 aliphatic heterocycles. The first-order valence-electron chi connectivity index (χ1n) is 10.0. The van der Waals surface area contributed by atoms with Crippen LogP contribution in [0.1, 0.15) is 31.0 Å². The Balaban J connectivity index is 1.92. The summed E-state index contributed by atoms with van der Waals surface area (Å²) >= 11 is 9.05. The van der Waals surface area contributed by atoms with Crippen molar-refractivity contribution < 1.29 is 9.53 Å². The molecule has 2 heterocycles. The Labute approximate surface area is 198 Å². The van der Waals surface area contributed by atoms with E-state index in [-0.39, 0.29) is 12.2 Å². The van der Waals surface area contributed by atoms with Gasteiger partial charge in [0.2, 0.25) is 0 Å². The van der Waals surface area contributed by atoms with Crippen LogP contribution in [0, 0.1) is 0 Å². The van der Waals surface area contributed by atoms with Crippen molar-refractivity contribution in [3.63, 3.8) is 0 Å². The van der Waals surface area contributed by atoms with E-state index in [0.29, 0.717) is 25.6 Å². The molecule has 3 aromatic rings. The van der Waals surface area contributed by atoms with Crippen LogP contribution >= 0.6 is 34.7 Å². The van der Waals surface area contributed by atoms with Gasteiger partial charge in [0.15, 0.2) is 4.80 Å². The minimum atomic E-state index is -0.636. The van der Waals surface area contributed by atoms with Crippen molar-refractivity contribution in [2.24, 2.45) is 4.99 Å². The van der Waals surface area contributed by atoms with E-state index >= 15 is 0 Å². The first-order chi connectivity index (χ1) is 15.4. The van der Waals surface area contributed by atoms with E-state index < -0.39 is 12.0 Å². The van der Waals surface area contributed by atoms with Gasteiger partial charge in [-0.15, -0.1) is 11.8 Å². The van der Waals surface area contributed by atoms with Crippen LogP contribution in [0.2, 0.25) is 5.02 Å². The molecule has 1 aliphatic rings. The second kappa shape index (κ2) is 9.48. The molecule has 8 heteroatoms.